The SMILES string of the molecule is O=S(=O)(CCNC1CC1)Nc1cc(Br)c(F)cc1F. The topological polar surface area (TPSA) is 58.2 Å². The number of benzene rings is 1. The van der Waals surface area contributed by atoms with Gasteiger partial charge in [-0.25, -0.2) is 17.2 Å². The van der Waals surface area contributed by atoms with Crippen LogP contribution in [-0.4, -0.2) is 26.8 Å². The molecule has 1 aromatic rings. The fourth-order valence-corrected chi connectivity index (χ4v) is 2.83. The van der Waals surface area contributed by atoms with Gasteiger partial charge in [0, 0.05) is 18.7 Å². The summed E-state index contributed by atoms with van der Waals surface area (Å²) in [6.07, 6.45) is 2.13. The summed E-state index contributed by atoms with van der Waals surface area (Å²) in [6.45, 7) is 0.310. The molecule has 2 rings (SSSR count). The van der Waals surface area contributed by atoms with Crippen molar-refractivity contribution in [1.29, 1.82) is 0 Å². The van der Waals surface area contributed by atoms with Crippen LogP contribution in [0.3, 0.4) is 0 Å². The highest BCUT2D eigenvalue weighted by Crippen LogP contribution is 2.24. The molecule has 0 saturated heterocycles. The Morgan fingerprint density at radius 2 is 1.95 bits per heavy atom. The summed E-state index contributed by atoms with van der Waals surface area (Å²) in [4.78, 5) is 0. The van der Waals surface area contributed by atoms with Crippen molar-refractivity contribution in [2.75, 3.05) is 17.0 Å². The number of anilines is 1. The minimum Gasteiger partial charge on any atom is -0.313 e. The van der Waals surface area contributed by atoms with Gasteiger partial charge in [0.1, 0.15) is 11.6 Å². The van der Waals surface area contributed by atoms with E-state index in [2.05, 4.69) is 26.0 Å². The van der Waals surface area contributed by atoms with Crippen LogP contribution in [0.25, 0.3) is 0 Å². The summed E-state index contributed by atoms with van der Waals surface area (Å²) >= 11 is 2.88. The molecule has 0 atom stereocenters. The highest BCUT2D eigenvalue weighted by molar-refractivity contribution is 9.10. The Labute approximate surface area is 118 Å². The van der Waals surface area contributed by atoms with Crippen molar-refractivity contribution >= 4 is 31.6 Å². The van der Waals surface area contributed by atoms with Gasteiger partial charge < -0.3 is 5.32 Å². The number of nitrogens with one attached hydrogen (secondary N) is 2. The van der Waals surface area contributed by atoms with Crippen molar-refractivity contribution in [1.82, 2.24) is 5.32 Å². The lowest BCUT2D eigenvalue weighted by molar-refractivity contribution is 0.578. The van der Waals surface area contributed by atoms with Crippen molar-refractivity contribution in [2.45, 2.75) is 18.9 Å². The molecule has 106 valence electrons. The quantitative estimate of drug-likeness (QED) is 0.770. The van der Waals surface area contributed by atoms with Gasteiger partial charge in [-0.05, 0) is 34.8 Å². The van der Waals surface area contributed by atoms with Crippen LogP contribution < -0.4 is 10.0 Å². The van der Waals surface area contributed by atoms with Gasteiger partial charge >= 0.3 is 0 Å². The first-order valence-electron chi connectivity index (χ1n) is 5.76. The third-order valence-electron chi connectivity index (χ3n) is 2.66. The van der Waals surface area contributed by atoms with Crippen molar-refractivity contribution in [3.63, 3.8) is 0 Å². The number of sulfonamides is 1. The second-order valence-electron chi connectivity index (χ2n) is 4.40. The maximum absolute atomic E-state index is 13.4. The molecular formula is C11H13BrF2N2O2S. The molecule has 0 aromatic heterocycles. The Bertz CT molecular complexity index is 576. The van der Waals surface area contributed by atoms with Crippen molar-refractivity contribution in [2.24, 2.45) is 0 Å². The molecular weight excluding hydrogens is 342 g/mol. The molecule has 0 spiro atoms. The van der Waals surface area contributed by atoms with Gasteiger partial charge in [-0.2, -0.15) is 0 Å². The van der Waals surface area contributed by atoms with E-state index in [-0.39, 0.29) is 15.9 Å². The zero-order valence-electron chi connectivity index (χ0n) is 9.92. The van der Waals surface area contributed by atoms with E-state index in [0.717, 1.165) is 18.9 Å². The van der Waals surface area contributed by atoms with Crippen molar-refractivity contribution in [3.8, 4) is 0 Å². The Morgan fingerprint density at radius 1 is 1.26 bits per heavy atom. The summed E-state index contributed by atoms with van der Waals surface area (Å²) in [7, 11) is -3.65. The average molecular weight is 355 g/mol. The van der Waals surface area contributed by atoms with Crippen LogP contribution in [0.1, 0.15) is 12.8 Å². The number of hydrogen-bond donors (Lipinski definition) is 2. The molecule has 1 aliphatic rings. The molecule has 0 bridgehead atoms. The van der Waals surface area contributed by atoms with Gasteiger partial charge in [0.25, 0.3) is 0 Å². The molecule has 1 aliphatic carbocycles. The zero-order chi connectivity index (χ0) is 14.0. The second kappa shape index (κ2) is 5.72. The largest absolute Gasteiger partial charge is 0.313 e. The van der Waals surface area contributed by atoms with E-state index in [1.165, 1.54) is 0 Å². The molecule has 0 unspecified atom stereocenters. The van der Waals surface area contributed by atoms with Crippen LogP contribution in [0, 0.1) is 11.6 Å². The Morgan fingerprint density at radius 3 is 2.58 bits per heavy atom. The van der Waals surface area contributed by atoms with Gasteiger partial charge in [-0.3, -0.25) is 4.72 Å². The van der Waals surface area contributed by atoms with Crippen LogP contribution in [0.4, 0.5) is 14.5 Å². The zero-order valence-corrected chi connectivity index (χ0v) is 12.3. The summed E-state index contributed by atoms with van der Waals surface area (Å²) in [6, 6.07) is 2.10. The standard InChI is InChI=1S/C11H13BrF2N2O2S/c12-8-5-11(10(14)6-9(8)13)16-19(17,18)4-3-15-7-1-2-7/h5-7,15-16H,1-4H2. The molecule has 0 amide bonds. The minimum absolute atomic E-state index is 0.00251. The third-order valence-corrected chi connectivity index (χ3v) is 4.54. The molecule has 4 nitrogen and oxygen atoms in total. The monoisotopic (exact) mass is 354 g/mol. The fourth-order valence-electron chi connectivity index (χ4n) is 1.50. The van der Waals surface area contributed by atoms with E-state index in [1.807, 2.05) is 0 Å². The van der Waals surface area contributed by atoms with E-state index >= 15 is 0 Å². The van der Waals surface area contributed by atoms with E-state index in [4.69, 9.17) is 0 Å². The Kier molecular flexibility index (Phi) is 4.42. The second-order valence-corrected chi connectivity index (χ2v) is 7.09. The number of hydrogen-bond acceptors (Lipinski definition) is 3. The first-order chi connectivity index (χ1) is 8.87. The van der Waals surface area contributed by atoms with Crippen LogP contribution >= 0.6 is 15.9 Å². The maximum atomic E-state index is 13.4. The normalized spacial score (nSPS) is 15.5. The van der Waals surface area contributed by atoms with Crippen LogP contribution in [0.5, 0.6) is 0 Å². The van der Waals surface area contributed by atoms with E-state index in [9.17, 15) is 17.2 Å². The Hall–Kier alpha value is -0.730. The highest BCUT2D eigenvalue weighted by Gasteiger charge is 2.21. The van der Waals surface area contributed by atoms with E-state index in [1.54, 1.807) is 0 Å². The first kappa shape index (κ1) is 14.7. The average Bonchev–Trinajstić information content (AvgIpc) is 3.09. The molecule has 8 heteroatoms. The van der Waals surface area contributed by atoms with Crippen LogP contribution in [0.15, 0.2) is 16.6 Å². The van der Waals surface area contributed by atoms with Crippen molar-refractivity contribution in [3.05, 3.63) is 28.2 Å². The van der Waals surface area contributed by atoms with Gasteiger partial charge in [0.15, 0.2) is 0 Å². The summed E-state index contributed by atoms with van der Waals surface area (Å²) < 4.78 is 52.0. The lowest BCUT2D eigenvalue weighted by Gasteiger charge is -2.10. The fraction of sp³-hybridized carbons (Fsp3) is 0.455. The van der Waals surface area contributed by atoms with Crippen LogP contribution in [-0.2, 0) is 10.0 Å². The molecule has 1 saturated carbocycles. The minimum atomic E-state index is -3.65. The molecule has 0 radical (unpaired) electrons. The molecule has 1 fully saturated rings. The van der Waals surface area contributed by atoms with E-state index < -0.39 is 21.7 Å². The van der Waals surface area contributed by atoms with Gasteiger partial charge in [-0.1, -0.05) is 0 Å². The molecule has 0 aliphatic heterocycles. The van der Waals surface area contributed by atoms with Crippen LogP contribution in [0.2, 0.25) is 0 Å². The maximum Gasteiger partial charge on any atom is 0.234 e. The molecule has 1 aromatic carbocycles. The summed E-state index contributed by atoms with van der Waals surface area (Å²) in [5, 5.41) is 3.05. The molecule has 19 heavy (non-hydrogen) atoms. The predicted molar refractivity (Wildman–Crippen MR) is 72.5 cm³/mol. The first-order valence-corrected chi connectivity index (χ1v) is 8.20. The smallest absolute Gasteiger partial charge is 0.234 e. The predicted octanol–water partition coefficient (Wildman–Crippen LogP) is 2.22. The highest BCUT2D eigenvalue weighted by atomic mass is 79.9. The third kappa shape index (κ3) is 4.39. The summed E-state index contributed by atoms with van der Waals surface area (Å²) in [5.74, 6) is -1.88. The lowest BCUT2D eigenvalue weighted by Crippen LogP contribution is -2.28. The summed E-state index contributed by atoms with van der Waals surface area (Å²) in [5.41, 5.74) is -0.264. The van der Waals surface area contributed by atoms with Gasteiger partial charge in [0.05, 0.1) is 15.9 Å². The van der Waals surface area contributed by atoms with Crippen molar-refractivity contribution < 1.29 is 17.2 Å². The molecule has 2 N–H and O–H groups in total. The van der Waals surface area contributed by atoms with Gasteiger partial charge in [0.2, 0.25) is 10.0 Å². The van der Waals surface area contributed by atoms with E-state index in [0.29, 0.717) is 18.7 Å². The Balaban J connectivity index is 2.00. The number of halogens is 3. The number of rotatable bonds is 6. The van der Waals surface area contributed by atoms with Gasteiger partial charge in [-0.15, -0.1) is 0 Å². The molecule has 0 heterocycles. The lowest BCUT2D eigenvalue weighted by atomic mass is 10.3.